The van der Waals surface area contributed by atoms with E-state index in [4.69, 9.17) is 0 Å². The number of sulfone groups is 1. The zero-order chi connectivity index (χ0) is 13.2. The van der Waals surface area contributed by atoms with E-state index < -0.39 is 9.84 Å². The Morgan fingerprint density at radius 3 is 2.39 bits per heavy atom. The average Bonchev–Trinajstić information content (AvgIpc) is 2.33. The van der Waals surface area contributed by atoms with Crippen LogP contribution in [0, 0.1) is 5.41 Å². The summed E-state index contributed by atoms with van der Waals surface area (Å²) < 4.78 is 24.3. The maximum atomic E-state index is 12.2. The maximum Gasteiger partial charge on any atom is 0.200 e. The minimum Gasteiger partial charge on any atom is -0.219 e. The molecule has 2 nitrogen and oxygen atoms in total. The molecule has 0 atom stereocenters. The molecule has 0 heterocycles. The summed E-state index contributed by atoms with van der Waals surface area (Å²) in [5, 5.41) is 1.40. The van der Waals surface area contributed by atoms with Crippen LogP contribution < -0.4 is 0 Å². The van der Waals surface area contributed by atoms with Crippen molar-refractivity contribution in [1.82, 2.24) is 0 Å². The minimum absolute atomic E-state index is 0.174. The monoisotopic (exact) mass is 262 g/mol. The van der Waals surface area contributed by atoms with Gasteiger partial charge < -0.3 is 0 Å². The molecule has 96 valence electrons. The van der Waals surface area contributed by atoms with E-state index in [0.717, 1.165) is 18.4 Å². The summed E-state index contributed by atoms with van der Waals surface area (Å²) in [4.78, 5) is 0.357. The molecule has 1 aromatic rings. The second kappa shape index (κ2) is 4.73. The van der Waals surface area contributed by atoms with Crippen molar-refractivity contribution >= 4 is 9.84 Å². The van der Waals surface area contributed by atoms with Crippen LogP contribution in [0.15, 0.2) is 58.4 Å². The summed E-state index contributed by atoms with van der Waals surface area (Å²) in [5.74, 6) is 0. The maximum absolute atomic E-state index is 12.2. The summed E-state index contributed by atoms with van der Waals surface area (Å²) in [6.07, 6.45) is 5.82. The van der Waals surface area contributed by atoms with Gasteiger partial charge in [0.2, 0.25) is 0 Å². The smallest absolute Gasteiger partial charge is 0.200 e. The molecule has 0 aromatic heterocycles. The molecule has 18 heavy (non-hydrogen) atoms. The molecular formula is C15H18O2S. The van der Waals surface area contributed by atoms with Crippen LogP contribution in [0.1, 0.15) is 26.7 Å². The first-order chi connectivity index (χ1) is 8.39. The molecule has 1 aliphatic rings. The van der Waals surface area contributed by atoms with Crippen LogP contribution >= 0.6 is 0 Å². The van der Waals surface area contributed by atoms with Gasteiger partial charge in [0.05, 0.1) is 4.90 Å². The summed E-state index contributed by atoms with van der Waals surface area (Å²) >= 11 is 0. The quantitative estimate of drug-likeness (QED) is 0.814. The molecule has 0 bridgehead atoms. The molecule has 0 spiro atoms. The Morgan fingerprint density at radius 1 is 1.17 bits per heavy atom. The van der Waals surface area contributed by atoms with Gasteiger partial charge in [0, 0.05) is 5.41 Å². The lowest BCUT2D eigenvalue weighted by Gasteiger charge is -2.24. The lowest BCUT2D eigenvalue weighted by molar-refractivity contribution is 0.428. The molecule has 0 fully saturated rings. The highest BCUT2D eigenvalue weighted by Gasteiger charge is 2.20. The third-order valence-corrected chi connectivity index (χ3v) is 4.73. The molecule has 1 aliphatic carbocycles. The van der Waals surface area contributed by atoms with E-state index in [1.807, 2.05) is 12.1 Å². The Kier molecular flexibility index (Phi) is 3.44. The summed E-state index contributed by atoms with van der Waals surface area (Å²) in [6, 6.07) is 8.55. The van der Waals surface area contributed by atoms with Gasteiger partial charge in [0.15, 0.2) is 9.84 Å². The van der Waals surface area contributed by atoms with Crippen molar-refractivity contribution < 1.29 is 8.42 Å². The largest absolute Gasteiger partial charge is 0.219 e. The molecule has 0 radical (unpaired) electrons. The summed E-state index contributed by atoms with van der Waals surface area (Å²) in [7, 11) is -3.31. The highest BCUT2D eigenvalue weighted by Crippen LogP contribution is 2.32. The number of allylic oxidation sites excluding steroid dienone is 3. The fourth-order valence-corrected chi connectivity index (χ4v) is 3.21. The number of rotatable bonds is 2. The lowest BCUT2D eigenvalue weighted by atomic mass is 9.82. The SMILES string of the molecule is CC1(C)C=C/C(=C/S(=O)(=O)c2ccccc2)CC1. The number of hydrogen-bond donors (Lipinski definition) is 0. The van der Waals surface area contributed by atoms with Gasteiger partial charge in [-0.1, -0.05) is 44.2 Å². The van der Waals surface area contributed by atoms with E-state index in [0.29, 0.717) is 4.90 Å². The minimum atomic E-state index is -3.31. The Bertz CT molecular complexity index is 578. The van der Waals surface area contributed by atoms with E-state index in [-0.39, 0.29) is 5.41 Å². The zero-order valence-corrected chi connectivity index (χ0v) is 11.6. The van der Waals surface area contributed by atoms with Crippen LogP contribution in [-0.4, -0.2) is 8.42 Å². The molecule has 0 aliphatic heterocycles. The van der Waals surface area contributed by atoms with Crippen molar-refractivity contribution in [2.24, 2.45) is 5.41 Å². The molecule has 0 saturated heterocycles. The molecular weight excluding hydrogens is 244 g/mol. The second-order valence-electron chi connectivity index (χ2n) is 5.37. The van der Waals surface area contributed by atoms with E-state index in [1.54, 1.807) is 24.3 Å². The first-order valence-corrected chi connectivity index (χ1v) is 7.64. The van der Waals surface area contributed by atoms with Crippen LogP contribution in [0.2, 0.25) is 0 Å². The number of benzene rings is 1. The summed E-state index contributed by atoms with van der Waals surface area (Å²) in [5.41, 5.74) is 1.06. The van der Waals surface area contributed by atoms with Gasteiger partial charge >= 0.3 is 0 Å². The fourth-order valence-electron chi connectivity index (χ4n) is 1.94. The van der Waals surface area contributed by atoms with Gasteiger partial charge in [0.25, 0.3) is 0 Å². The van der Waals surface area contributed by atoms with Crippen molar-refractivity contribution in [2.75, 3.05) is 0 Å². The Balaban J connectivity index is 2.30. The first-order valence-electron chi connectivity index (χ1n) is 6.09. The van der Waals surface area contributed by atoms with Gasteiger partial charge in [-0.25, -0.2) is 8.42 Å². The Morgan fingerprint density at radius 2 is 1.83 bits per heavy atom. The van der Waals surface area contributed by atoms with Gasteiger partial charge in [-0.05, 0) is 36.0 Å². The second-order valence-corrected chi connectivity index (χ2v) is 7.17. The van der Waals surface area contributed by atoms with Crippen molar-refractivity contribution in [3.63, 3.8) is 0 Å². The third-order valence-electron chi connectivity index (χ3n) is 3.18. The lowest BCUT2D eigenvalue weighted by Crippen LogP contribution is -2.11. The highest BCUT2D eigenvalue weighted by atomic mass is 32.2. The first kappa shape index (κ1) is 13.1. The van der Waals surface area contributed by atoms with Crippen LogP contribution in [0.4, 0.5) is 0 Å². The summed E-state index contributed by atoms with van der Waals surface area (Å²) in [6.45, 7) is 4.32. The molecule has 0 unspecified atom stereocenters. The molecule has 0 N–H and O–H groups in total. The van der Waals surface area contributed by atoms with Crippen LogP contribution in [0.3, 0.4) is 0 Å². The average molecular weight is 262 g/mol. The predicted molar refractivity (Wildman–Crippen MR) is 73.9 cm³/mol. The van der Waals surface area contributed by atoms with Crippen LogP contribution in [0.25, 0.3) is 0 Å². The molecule has 0 amide bonds. The topological polar surface area (TPSA) is 34.1 Å². The van der Waals surface area contributed by atoms with Crippen molar-refractivity contribution in [3.8, 4) is 0 Å². The zero-order valence-electron chi connectivity index (χ0n) is 10.8. The molecule has 0 saturated carbocycles. The molecule has 2 rings (SSSR count). The highest BCUT2D eigenvalue weighted by molar-refractivity contribution is 7.94. The van der Waals surface area contributed by atoms with E-state index in [1.165, 1.54) is 5.41 Å². The Hall–Kier alpha value is -1.35. The van der Waals surface area contributed by atoms with Crippen molar-refractivity contribution in [3.05, 3.63) is 53.5 Å². The fraction of sp³-hybridized carbons (Fsp3) is 0.333. The van der Waals surface area contributed by atoms with Gasteiger partial charge in [-0.15, -0.1) is 0 Å². The standard InChI is InChI=1S/C15H18O2S/c1-15(2)10-8-13(9-11-15)12-18(16,17)14-6-4-3-5-7-14/h3-8,10,12H,9,11H2,1-2H3/b13-12-. The molecule has 3 heteroatoms. The number of hydrogen-bond acceptors (Lipinski definition) is 2. The van der Waals surface area contributed by atoms with E-state index >= 15 is 0 Å². The normalized spacial score (nSPS) is 21.1. The van der Waals surface area contributed by atoms with Crippen LogP contribution in [-0.2, 0) is 9.84 Å². The van der Waals surface area contributed by atoms with Gasteiger partial charge in [-0.3, -0.25) is 0 Å². The van der Waals surface area contributed by atoms with Gasteiger partial charge in [-0.2, -0.15) is 0 Å². The Labute approximate surface area is 109 Å². The van der Waals surface area contributed by atoms with E-state index in [2.05, 4.69) is 19.9 Å². The van der Waals surface area contributed by atoms with E-state index in [9.17, 15) is 8.42 Å². The third kappa shape index (κ3) is 3.10. The molecule has 1 aromatic carbocycles. The van der Waals surface area contributed by atoms with Crippen molar-refractivity contribution in [2.45, 2.75) is 31.6 Å². The van der Waals surface area contributed by atoms with Gasteiger partial charge in [0.1, 0.15) is 0 Å². The predicted octanol–water partition coefficient (Wildman–Crippen LogP) is 3.72. The van der Waals surface area contributed by atoms with Crippen LogP contribution in [0.5, 0.6) is 0 Å². The van der Waals surface area contributed by atoms with Crippen molar-refractivity contribution in [1.29, 1.82) is 0 Å².